The van der Waals surface area contributed by atoms with E-state index in [0.29, 0.717) is 5.91 Å². The summed E-state index contributed by atoms with van der Waals surface area (Å²) in [6, 6.07) is 2.04. The quantitative estimate of drug-likeness (QED) is 0.833. The molecule has 0 N–H and O–H groups in total. The summed E-state index contributed by atoms with van der Waals surface area (Å²) in [6.45, 7) is 7.61. The highest BCUT2D eigenvalue weighted by Crippen LogP contribution is 2.25. The zero-order valence-corrected chi connectivity index (χ0v) is 14.2. The van der Waals surface area contributed by atoms with Gasteiger partial charge in [0.1, 0.15) is 11.6 Å². The second-order valence-corrected chi connectivity index (χ2v) is 7.34. The van der Waals surface area contributed by atoms with Gasteiger partial charge in [-0.25, -0.2) is 9.97 Å². The fraction of sp³-hybridized carbons (Fsp3) is 0.688. The topological polar surface area (TPSA) is 49.3 Å². The maximum Gasteiger partial charge on any atom is 0.225 e. The van der Waals surface area contributed by atoms with Crippen LogP contribution in [0.2, 0.25) is 0 Å². The molecule has 0 saturated carbocycles. The fourth-order valence-corrected chi connectivity index (χ4v) is 4.16. The average Bonchev–Trinajstić information content (AvgIpc) is 2.54. The third-order valence-electron chi connectivity index (χ3n) is 4.44. The van der Waals surface area contributed by atoms with Gasteiger partial charge in [0.15, 0.2) is 0 Å². The summed E-state index contributed by atoms with van der Waals surface area (Å²) in [5.41, 5.74) is 1.01. The third kappa shape index (κ3) is 3.54. The largest absolute Gasteiger partial charge is 0.356 e. The van der Waals surface area contributed by atoms with Crippen molar-refractivity contribution in [2.24, 2.45) is 5.92 Å². The molecule has 2 fully saturated rings. The van der Waals surface area contributed by atoms with Crippen LogP contribution in [0.1, 0.15) is 24.4 Å². The Hall–Kier alpha value is -1.30. The Bertz CT molecular complexity index is 517. The molecule has 1 aromatic rings. The van der Waals surface area contributed by atoms with Crippen molar-refractivity contribution in [1.29, 1.82) is 0 Å². The molecule has 0 atom stereocenters. The number of anilines is 1. The predicted molar refractivity (Wildman–Crippen MR) is 90.3 cm³/mol. The molecule has 120 valence electrons. The van der Waals surface area contributed by atoms with Crippen LogP contribution in [-0.4, -0.2) is 58.5 Å². The number of carbonyl (C=O) groups is 1. The van der Waals surface area contributed by atoms with Gasteiger partial charge in [0, 0.05) is 55.4 Å². The lowest BCUT2D eigenvalue weighted by molar-refractivity contribution is -0.135. The van der Waals surface area contributed by atoms with Crippen LogP contribution in [0.5, 0.6) is 0 Å². The minimum atomic E-state index is 0.198. The lowest BCUT2D eigenvalue weighted by Gasteiger charge is -2.36. The molecule has 5 nitrogen and oxygen atoms in total. The van der Waals surface area contributed by atoms with Gasteiger partial charge >= 0.3 is 0 Å². The van der Waals surface area contributed by atoms with Gasteiger partial charge in [-0.1, -0.05) is 0 Å². The average molecular weight is 320 g/mol. The second kappa shape index (κ2) is 6.86. The molecule has 2 aliphatic rings. The lowest BCUT2D eigenvalue weighted by atomic mass is 9.95. The van der Waals surface area contributed by atoms with Gasteiger partial charge in [-0.3, -0.25) is 4.79 Å². The van der Waals surface area contributed by atoms with E-state index in [4.69, 9.17) is 0 Å². The first kappa shape index (κ1) is 15.6. The van der Waals surface area contributed by atoms with E-state index in [2.05, 4.69) is 19.8 Å². The minimum absolute atomic E-state index is 0.198. The zero-order chi connectivity index (χ0) is 15.5. The number of aromatic nitrogens is 2. The highest BCUT2D eigenvalue weighted by molar-refractivity contribution is 7.99. The van der Waals surface area contributed by atoms with Gasteiger partial charge in [0.25, 0.3) is 0 Å². The summed E-state index contributed by atoms with van der Waals surface area (Å²) in [6.07, 6.45) is 1.87. The van der Waals surface area contributed by atoms with Gasteiger partial charge in [0.2, 0.25) is 5.91 Å². The standard InChI is InChI=1S/C16H24N4OS/c1-12-11-15(18-13(2)17-12)19-5-3-14(4-6-19)16(21)20-7-9-22-10-8-20/h11,14H,3-10H2,1-2H3. The van der Waals surface area contributed by atoms with E-state index < -0.39 is 0 Å². The molecule has 0 spiro atoms. The number of rotatable bonds is 2. The number of thioether (sulfide) groups is 1. The molecular weight excluding hydrogens is 296 g/mol. The van der Waals surface area contributed by atoms with E-state index in [1.54, 1.807) is 0 Å². The number of hydrogen-bond donors (Lipinski definition) is 0. The third-order valence-corrected chi connectivity index (χ3v) is 5.39. The second-order valence-electron chi connectivity index (χ2n) is 6.11. The summed E-state index contributed by atoms with van der Waals surface area (Å²) in [4.78, 5) is 25.8. The van der Waals surface area contributed by atoms with Gasteiger partial charge in [-0.05, 0) is 26.7 Å². The number of aryl methyl sites for hydroxylation is 2. The molecule has 2 saturated heterocycles. The molecule has 1 aromatic heterocycles. The number of hydrogen-bond acceptors (Lipinski definition) is 5. The van der Waals surface area contributed by atoms with Gasteiger partial charge in [-0.15, -0.1) is 0 Å². The highest BCUT2D eigenvalue weighted by atomic mass is 32.2. The Kier molecular flexibility index (Phi) is 4.86. The Morgan fingerprint density at radius 3 is 2.45 bits per heavy atom. The highest BCUT2D eigenvalue weighted by Gasteiger charge is 2.29. The molecular formula is C16H24N4OS. The van der Waals surface area contributed by atoms with Crippen LogP contribution < -0.4 is 4.90 Å². The van der Waals surface area contributed by atoms with Crippen molar-refractivity contribution >= 4 is 23.5 Å². The first-order valence-corrected chi connectivity index (χ1v) is 9.23. The van der Waals surface area contributed by atoms with E-state index in [0.717, 1.165) is 67.9 Å². The Balaban J connectivity index is 1.58. The molecule has 6 heteroatoms. The molecule has 0 unspecified atom stereocenters. The van der Waals surface area contributed by atoms with Crippen LogP contribution in [0.25, 0.3) is 0 Å². The SMILES string of the molecule is Cc1cc(N2CCC(C(=O)N3CCSCC3)CC2)nc(C)n1. The number of piperidine rings is 1. The maximum absolute atomic E-state index is 12.6. The van der Waals surface area contributed by atoms with E-state index in [1.807, 2.05) is 31.7 Å². The van der Waals surface area contributed by atoms with Crippen LogP contribution in [-0.2, 0) is 4.79 Å². The fourth-order valence-electron chi connectivity index (χ4n) is 3.26. The van der Waals surface area contributed by atoms with Crippen molar-refractivity contribution < 1.29 is 4.79 Å². The normalized spacial score (nSPS) is 20.3. The molecule has 0 radical (unpaired) electrons. The molecule has 1 amide bonds. The van der Waals surface area contributed by atoms with Crippen LogP contribution in [0.15, 0.2) is 6.07 Å². The molecule has 0 bridgehead atoms. The van der Waals surface area contributed by atoms with Crippen LogP contribution >= 0.6 is 11.8 Å². The van der Waals surface area contributed by atoms with E-state index in [-0.39, 0.29) is 5.92 Å². The molecule has 0 aromatic carbocycles. The van der Waals surface area contributed by atoms with E-state index in [1.165, 1.54) is 0 Å². The van der Waals surface area contributed by atoms with Crippen LogP contribution in [0.3, 0.4) is 0 Å². The van der Waals surface area contributed by atoms with Gasteiger partial charge < -0.3 is 9.80 Å². The van der Waals surface area contributed by atoms with Crippen molar-refractivity contribution in [2.75, 3.05) is 42.6 Å². The summed E-state index contributed by atoms with van der Waals surface area (Å²) in [5, 5.41) is 0. The monoisotopic (exact) mass is 320 g/mol. The maximum atomic E-state index is 12.6. The van der Waals surface area contributed by atoms with Crippen molar-refractivity contribution in [1.82, 2.24) is 14.9 Å². The lowest BCUT2D eigenvalue weighted by Crippen LogP contribution is -2.45. The van der Waals surface area contributed by atoms with Crippen LogP contribution in [0.4, 0.5) is 5.82 Å². The van der Waals surface area contributed by atoms with Crippen molar-refractivity contribution in [3.8, 4) is 0 Å². The number of carbonyl (C=O) groups excluding carboxylic acids is 1. The summed E-state index contributed by atoms with van der Waals surface area (Å²) >= 11 is 1.95. The summed E-state index contributed by atoms with van der Waals surface area (Å²) < 4.78 is 0. The first-order valence-electron chi connectivity index (χ1n) is 8.07. The Morgan fingerprint density at radius 1 is 1.14 bits per heavy atom. The summed E-state index contributed by atoms with van der Waals surface area (Å²) in [5.74, 6) is 4.57. The summed E-state index contributed by atoms with van der Waals surface area (Å²) in [7, 11) is 0. The van der Waals surface area contributed by atoms with Crippen molar-refractivity contribution in [3.63, 3.8) is 0 Å². The molecule has 3 heterocycles. The zero-order valence-electron chi connectivity index (χ0n) is 13.4. The van der Waals surface area contributed by atoms with E-state index in [9.17, 15) is 4.79 Å². The number of amides is 1. The van der Waals surface area contributed by atoms with Crippen molar-refractivity contribution in [3.05, 3.63) is 17.6 Å². The predicted octanol–water partition coefficient (Wildman–Crippen LogP) is 1.89. The number of nitrogens with zero attached hydrogens (tertiary/aromatic N) is 4. The van der Waals surface area contributed by atoms with Gasteiger partial charge in [0.05, 0.1) is 0 Å². The van der Waals surface area contributed by atoms with Gasteiger partial charge in [-0.2, -0.15) is 11.8 Å². The molecule has 22 heavy (non-hydrogen) atoms. The molecule has 2 aliphatic heterocycles. The Labute approximate surface area is 136 Å². The smallest absolute Gasteiger partial charge is 0.225 e. The Morgan fingerprint density at radius 2 is 1.82 bits per heavy atom. The van der Waals surface area contributed by atoms with Crippen LogP contribution in [0, 0.1) is 19.8 Å². The van der Waals surface area contributed by atoms with E-state index >= 15 is 0 Å². The minimum Gasteiger partial charge on any atom is -0.356 e. The molecule has 0 aliphatic carbocycles. The first-order chi connectivity index (χ1) is 10.6. The van der Waals surface area contributed by atoms with Crippen molar-refractivity contribution in [2.45, 2.75) is 26.7 Å². The molecule has 3 rings (SSSR count).